The largest absolute Gasteiger partial charge is 0.454 e. The van der Waals surface area contributed by atoms with Crippen LogP contribution in [-0.2, 0) is 0 Å². The van der Waals surface area contributed by atoms with Crippen molar-refractivity contribution in [2.24, 2.45) is 0 Å². The van der Waals surface area contributed by atoms with Crippen molar-refractivity contribution in [3.63, 3.8) is 0 Å². The van der Waals surface area contributed by atoms with Gasteiger partial charge in [-0.05, 0) is 43.2 Å². The first-order chi connectivity index (χ1) is 10.6. The number of nitrogens with zero attached hydrogens (tertiary/aromatic N) is 1. The first-order valence-electron chi connectivity index (χ1n) is 7.03. The molecule has 1 aromatic heterocycles. The van der Waals surface area contributed by atoms with Gasteiger partial charge in [-0.2, -0.15) is 0 Å². The molecule has 0 aliphatic carbocycles. The Bertz CT molecular complexity index is 661. The van der Waals surface area contributed by atoms with E-state index in [1.807, 2.05) is 49.8 Å². The fourth-order valence-corrected chi connectivity index (χ4v) is 3.04. The van der Waals surface area contributed by atoms with Crippen LogP contribution in [0.5, 0.6) is 11.5 Å². The van der Waals surface area contributed by atoms with E-state index in [-0.39, 0.29) is 31.1 Å². The second kappa shape index (κ2) is 7.68. The van der Waals surface area contributed by atoms with E-state index >= 15 is 0 Å². The molecular weight excluding hydrogens is 336 g/mol. The predicted molar refractivity (Wildman–Crippen MR) is 92.9 cm³/mol. The van der Waals surface area contributed by atoms with E-state index in [1.165, 1.54) is 11.3 Å². The summed E-state index contributed by atoms with van der Waals surface area (Å²) in [5.74, 6) is 1.49. The van der Waals surface area contributed by atoms with Crippen molar-refractivity contribution < 1.29 is 14.3 Å². The number of fused-ring (bicyclic) bond motifs is 1. The van der Waals surface area contributed by atoms with Crippen LogP contribution in [0.2, 0.25) is 0 Å². The second-order valence-corrected chi connectivity index (χ2v) is 6.23. The minimum Gasteiger partial charge on any atom is -0.454 e. The Labute approximate surface area is 145 Å². The molecule has 1 unspecified atom stereocenters. The van der Waals surface area contributed by atoms with Gasteiger partial charge in [0.05, 0.1) is 10.9 Å². The number of benzene rings is 1. The monoisotopic (exact) mass is 354 g/mol. The van der Waals surface area contributed by atoms with Gasteiger partial charge in [0.1, 0.15) is 0 Å². The highest BCUT2D eigenvalue weighted by atomic mass is 35.5. The second-order valence-electron chi connectivity index (χ2n) is 5.28. The summed E-state index contributed by atoms with van der Waals surface area (Å²) in [6, 6.07) is 9.67. The van der Waals surface area contributed by atoms with Crippen LogP contribution in [0.4, 0.5) is 0 Å². The minimum absolute atomic E-state index is 0. The number of thiophene rings is 1. The van der Waals surface area contributed by atoms with Crippen LogP contribution >= 0.6 is 23.7 Å². The van der Waals surface area contributed by atoms with Crippen LogP contribution in [0.1, 0.15) is 21.3 Å². The van der Waals surface area contributed by atoms with Gasteiger partial charge in [-0.15, -0.1) is 23.7 Å². The molecule has 0 spiro atoms. The van der Waals surface area contributed by atoms with Crippen LogP contribution in [-0.4, -0.2) is 38.2 Å². The zero-order chi connectivity index (χ0) is 15.5. The maximum absolute atomic E-state index is 12.1. The Morgan fingerprint density at radius 2 is 2.09 bits per heavy atom. The molecule has 0 saturated heterocycles. The summed E-state index contributed by atoms with van der Waals surface area (Å²) in [5.41, 5.74) is 1.08. The number of hydrogen-bond acceptors (Lipinski definition) is 5. The molecule has 1 aliphatic rings. The average molecular weight is 355 g/mol. The van der Waals surface area contributed by atoms with Crippen molar-refractivity contribution in [3.05, 3.63) is 46.2 Å². The molecule has 1 atom stereocenters. The number of amides is 1. The fourth-order valence-electron chi connectivity index (χ4n) is 2.40. The van der Waals surface area contributed by atoms with Gasteiger partial charge >= 0.3 is 0 Å². The number of halogens is 1. The summed E-state index contributed by atoms with van der Waals surface area (Å²) in [6.07, 6.45) is 0. The Hall–Kier alpha value is -1.76. The van der Waals surface area contributed by atoms with Gasteiger partial charge in [0.25, 0.3) is 5.91 Å². The van der Waals surface area contributed by atoms with E-state index < -0.39 is 0 Å². The molecule has 7 heteroatoms. The van der Waals surface area contributed by atoms with E-state index in [0.29, 0.717) is 6.54 Å². The summed E-state index contributed by atoms with van der Waals surface area (Å²) >= 11 is 1.44. The Balaban J connectivity index is 0.00000192. The predicted octanol–water partition coefficient (Wildman–Crippen LogP) is 2.93. The number of hydrogen-bond donors (Lipinski definition) is 1. The molecule has 0 bridgehead atoms. The van der Waals surface area contributed by atoms with Gasteiger partial charge in [-0.1, -0.05) is 12.1 Å². The third kappa shape index (κ3) is 3.96. The van der Waals surface area contributed by atoms with E-state index in [0.717, 1.165) is 21.9 Å². The molecule has 0 saturated carbocycles. The Morgan fingerprint density at radius 1 is 1.30 bits per heavy atom. The fraction of sp³-hybridized carbons (Fsp3) is 0.312. The van der Waals surface area contributed by atoms with Crippen molar-refractivity contribution in [1.29, 1.82) is 0 Å². The normalized spacial score (nSPS) is 13.5. The summed E-state index contributed by atoms with van der Waals surface area (Å²) in [5, 5.41) is 4.89. The Morgan fingerprint density at radius 3 is 2.78 bits per heavy atom. The van der Waals surface area contributed by atoms with Gasteiger partial charge in [0.15, 0.2) is 11.5 Å². The lowest BCUT2D eigenvalue weighted by molar-refractivity contribution is 0.0946. The zero-order valence-electron chi connectivity index (χ0n) is 12.9. The van der Waals surface area contributed by atoms with Crippen LogP contribution in [0, 0.1) is 0 Å². The topological polar surface area (TPSA) is 50.8 Å². The molecule has 2 aromatic rings. The summed E-state index contributed by atoms with van der Waals surface area (Å²) < 4.78 is 10.8. The van der Waals surface area contributed by atoms with Gasteiger partial charge in [-0.3, -0.25) is 4.79 Å². The van der Waals surface area contributed by atoms with E-state index in [1.54, 1.807) is 0 Å². The molecule has 1 amide bonds. The number of likely N-dealkylation sites (N-methyl/N-ethyl adjacent to an activating group) is 1. The first kappa shape index (κ1) is 17.6. The highest BCUT2D eigenvalue weighted by Gasteiger charge is 2.20. The highest BCUT2D eigenvalue weighted by Crippen LogP contribution is 2.34. The molecule has 23 heavy (non-hydrogen) atoms. The number of carbonyl (C=O) groups excluding carboxylic acids is 1. The number of rotatable bonds is 5. The minimum atomic E-state index is -0.0393. The molecule has 124 valence electrons. The smallest absolute Gasteiger partial charge is 0.261 e. The lowest BCUT2D eigenvalue weighted by atomic mass is 10.1. The van der Waals surface area contributed by atoms with Gasteiger partial charge in [-0.25, -0.2) is 0 Å². The van der Waals surface area contributed by atoms with Crippen LogP contribution < -0.4 is 14.8 Å². The van der Waals surface area contributed by atoms with Crippen molar-refractivity contribution in [2.75, 3.05) is 27.4 Å². The van der Waals surface area contributed by atoms with Crippen molar-refractivity contribution in [3.8, 4) is 11.5 Å². The zero-order valence-corrected chi connectivity index (χ0v) is 14.6. The average Bonchev–Trinajstić information content (AvgIpc) is 3.17. The third-order valence-corrected chi connectivity index (χ3v) is 4.47. The molecule has 5 nitrogen and oxygen atoms in total. The van der Waals surface area contributed by atoms with E-state index in [9.17, 15) is 4.79 Å². The Kier molecular flexibility index (Phi) is 5.87. The molecule has 0 radical (unpaired) electrons. The number of carbonyl (C=O) groups is 1. The molecule has 1 N–H and O–H groups in total. The van der Waals surface area contributed by atoms with Gasteiger partial charge < -0.3 is 19.7 Å². The highest BCUT2D eigenvalue weighted by molar-refractivity contribution is 7.12. The maximum Gasteiger partial charge on any atom is 0.261 e. The first-order valence-corrected chi connectivity index (χ1v) is 7.91. The van der Waals surface area contributed by atoms with E-state index in [2.05, 4.69) is 10.2 Å². The maximum atomic E-state index is 12.1. The van der Waals surface area contributed by atoms with Crippen molar-refractivity contribution in [2.45, 2.75) is 6.04 Å². The molecule has 2 heterocycles. The van der Waals surface area contributed by atoms with Crippen molar-refractivity contribution in [1.82, 2.24) is 10.2 Å². The van der Waals surface area contributed by atoms with Crippen LogP contribution in [0.15, 0.2) is 35.7 Å². The van der Waals surface area contributed by atoms with Crippen molar-refractivity contribution >= 4 is 29.7 Å². The summed E-state index contributed by atoms with van der Waals surface area (Å²) in [7, 11) is 3.99. The standard InChI is InChI=1S/C16H18N2O3S.ClH/c1-18(2)12(9-17-16(19)15-4-3-7-22-15)11-5-6-13-14(8-11)21-10-20-13;/h3-8,12H,9-10H2,1-2H3,(H,17,19);1H. The summed E-state index contributed by atoms with van der Waals surface area (Å²) in [6.45, 7) is 0.796. The lowest BCUT2D eigenvalue weighted by Crippen LogP contribution is -2.34. The molecular formula is C16H19ClN2O3S. The molecule has 1 aromatic carbocycles. The quantitative estimate of drug-likeness (QED) is 0.897. The molecule has 0 fully saturated rings. The lowest BCUT2D eigenvalue weighted by Gasteiger charge is -2.25. The number of ether oxygens (including phenoxy) is 2. The third-order valence-electron chi connectivity index (χ3n) is 3.61. The molecule has 1 aliphatic heterocycles. The van der Waals surface area contributed by atoms with E-state index in [4.69, 9.17) is 9.47 Å². The van der Waals surface area contributed by atoms with Crippen LogP contribution in [0.3, 0.4) is 0 Å². The summed E-state index contributed by atoms with van der Waals surface area (Å²) in [4.78, 5) is 14.9. The van der Waals surface area contributed by atoms with Gasteiger partial charge in [0, 0.05) is 6.54 Å². The van der Waals surface area contributed by atoms with Crippen LogP contribution in [0.25, 0.3) is 0 Å². The SMILES string of the molecule is CN(C)C(CNC(=O)c1cccs1)c1ccc2c(c1)OCO2.Cl. The van der Waals surface area contributed by atoms with Gasteiger partial charge in [0.2, 0.25) is 6.79 Å². The number of nitrogens with one attached hydrogen (secondary N) is 1. The molecule has 3 rings (SSSR count).